The average Bonchev–Trinajstić information content (AvgIpc) is 2.89. The van der Waals surface area contributed by atoms with E-state index in [0.717, 1.165) is 6.07 Å². The predicted molar refractivity (Wildman–Crippen MR) is 68.1 cm³/mol. The second-order valence-corrected chi connectivity index (χ2v) is 4.77. The summed E-state index contributed by atoms with van der Waals surface area (Å²) in [7, 11) is 0. The van der Waals surface area contributed by atoms with Gasteiger partial charge < -0.3 is 10.3 Å². The van der Waals surface area contributed by atoms with Gasteiger partial charge in [-0.2, -0.15) is 9.37 Å². The summed E-state index contributed by atoms with van der Waals surface area (Å²) < 4.78 is 32.2. The number of benzene rings is 1. The highest BCUT2D eigenvalue weighted by Crippen LogP contribution is 2.30. The Labute approximate surface area is 117 Å². The molecule has 0 fully saturated rings. The molecule has 0 aliphatic carbocycles. The van der Waals surface area contributed by atoms with Crippen molar-refractivity contribution in [2.75, 3.05) is 0 Å². The number of aromatic nitrogens is 2. The van der Waals surface area contributed by atoms with Crippen molar-refractivity contribution in [1.82, 2.24) is 10.1 Å². The second kappa shape index (κ2) is 5.52. The van der Waals surface area contributed by atoms with E-state index >= 15 is 0 Å². The zero-order valence-corrected chi connectivity index (χ0v) is 11.2. The Morgan fingerprint density at radius 3 is 2.62 bits per heavy atom. The third-order valence-corrected chi connectivity index (χ3v) is 2.90. The number of nitrogens with zero attached hydrogens (tertiary/aromatic N) is 3. The molecular weight excluding hydrogens is 286 g/mol. The molecule has 2 aromatic rings. The monoisotopic (exact) mass is 298 g/mol. The molecule has 0 radical (unpaired) electrons. The molecule has 1 aromatic heterocycles. The van der Waals surface area contributed by atoms with Crippen molar-refractivity contribution in [3.8, 4) is 11.5 Å². The second-order valence-electron chi connectivity index (χ2n) is 4.77. The third-order valence-electron chi connectivity index (χ3n) is 2.90. The predicted octanol–water partition coefficient (Wildman–Crippen LogP) is 2.58. The number of nitro benzene ring substituents is 1. The van der Waals surface area contributed by atoms with Gasteiger partial charge in [0.25, 0.3) is 5.89 Å². The first-order valence-electron chi connectivity index (χ1n) is 6.04. The van der Waals surface area contributed by atoms with Crippen LogP contribution in [0.2, 0.25) is 0 Å². The molecule has 9 heteroatoms. The molecule has 7 nitrogen and oxygen atoms in total. The van der Waals surface area contributed by atoms with Gasteiger partial charge in [0.1, 0.15) is 5.82 Å². The minimum absolute atomic E-state index is 0.00198. The van der Waals surface area contributed by atoms with Gasteiger partial charge in [-0.15, -0.1) is 0 Å². The van der Waals surface area contributed by atoms with Crippen LogP contribution in [0.4, 0.5) is 14.5 Å². The van der Waals surface area contributed by atoms with Crippen molar-refractivity contribution in [3.05, 3.63) is 39.7 Å². The van der Waals surface area contributed by atoms with Gasteiger partial charge in [0.05, 0.1) is 22.6 Å². The highest BCUT2D eigenvalue weighted by molar-refractivity contribution is 5.59. The van der Waals surface area contributed by atoms with Crippen molar-refractivity contribution in [3.63, 3.8) is 0 Å². The minimum atomic E-state index is -1.24. The standard InChI is InChI=1S/C12H12F2N4O3/c1-5(2)10(15)11-16-12(21-17-11)7-3-6(13)4-8(9(7)14)18(19)20/h3-5,10H,15H2,1-2H3. The molecule has 0 saturated heterocycles. The van der Waals surface area contributed by atoms with Gasteiger partial charge in [0.15, 0.2) is 5.82 Å². The number of halogens is 2. The van der Waals surface area contributed by atoms with E-state index in [-0.39, 0.29) is 17.6 Å². The lowest BCUT2D eigenvalue weighted by Crippen LogP contribution is -2.18. The molecule has 1 aromatic carbocycles. The highest BCUT2D eigenvalue weighted by atomic mass is 19.1. The average molecular weight is 298 g/mol. The van der Waals surface area contributed by atoms with Crippen LogP contribution in [0.3, 0.4) is 0 Å². The zero-order chi connectivity index (χ0) is 15.7. The SMILES string of the molecule is CC(C)C(N)c1noc(-c2cc(F)cc([N+](=O)[O-])c2F)n1. The maximum Gasteiger partial charge on any atom is 0.308 e. The summed E-state index contributed by atoms with van der Waals surface area (Å²) in [6.07, 6.45) is 0. The van der Waals surface area contributed by atoms with Crippen LogP contribution in [0.1, 0.15) is 25.7 Å². The molecular formula is C12H12F2N4O3. The maximum absolute atomic E-state index is 14.0. The fourth-order valence-electron chi connectivity index (χ4n) is 1.64. The number of hydrogen-bond acceptors (Lipinski definition) is 6. The Morgan fingerprint density at radius 2 is 2.05 bits per heavy atom. The first-order chi connectivity index (χ1) is 9.81. The Bertz CT molecular complexity index is 687. The van der Waals surface area contributed by atoms with Crippen molar-refractivity contribution >= 4 is 5.69 Å². The summed E-state index contributed by atoms with van der Waals surface area (Å²) in [4.78, 5) is 13.5. The van der Waals surface area contributed by atoms with Crippen molar-refractivity contribution in [2.24, 2.45) is 11.7 Å². The maximum atomic E-state index is 14.0. The van der Waals surface area contributed by atoms with E-state index in [1.165, 1.54) is 0 Å². The van der Waals surface area contributed by atoms with Crippen molar-refractivity contribution in [1.29, 1.82) is 0 Å². The fourth-order valence-corrected chi connectivity index (χ4v) is 1.64. The molecule has 112 valence electrons. The van der Waals surface area contributed by atoms with Crippen LogP contribution in [0.25, 0.3) is 11.5 Å². The van der Waals surface area contributed by atoms with Crippen LogP contribution in [-0.2, 0) is 0 Å². The van der Waals surface area contributed by atoms with E-state index in [2.05, 4.69) is 10.1 Å². The Balaban J connectivity index is 2.50. The Hall–Kier alpha value is -2.42. The zero-order valence-electron chi connectivity index (χ0n) is 11.2. The van der Waals surface area contributed by atoms with E-state index < -0.39 is 33.9 Å². The highest BCUT2D eigenvalue weighted by Gasteiger charge is 2.25. The molecule has 1 atom stereocenters. The van der Waals surface area contributed by atoms with E-state index in [9.17, 15) is 18.9 Å². The molecule has 0 aliphatic heterocycles. The summed E-state index contributed by atoms with van der Waals surface area (Å²) in [6, 6.07) is 0.686. The lowest BCUT2D eigenvalue weighted by atomic mass is 10.1. The molecule has 21 heavy (non-hydrogen) atoms. The van der Waals surface area contributed by atoms with E-state index in [1.807, 2.05) is 13.8 Å². The smallest absolute Gasteiger partial charge is 0.308 e. The Kier molecular flexibility index (Phi) is 3.94. The summed E-state index contributed by atoms with van der Waals surface area (Å²) in [5.41, 5.74) is 4.34. The van der Waals surface area contributed by atoms with Gasteiger partial charge in [-0.05, 0) is 12.0 Å². The number of nitro groups is 1. The van der Waals surface area contributed by atoms with Crippen LogP contribution in [-0.4, -0.2) is 15.1 Å². The lowest BCUT2D eigenvalue weighted by molar-refractivity contribution is -0.387. The molecule has 2 N–H and O–H groups in total. The molecule has 2 rings (SSSR count). The van der Waals surface area contributed by atoms with E-state index in [1.54, 1.807) is 0 Å². The molecule has 1 heterocycles. The normalized spacial score (nSPS) is 12.7. The molecule has 0 spiro atoms. The third kappa shape index (κ3) is 2.87. The van der Waals surface area contributed by atoms with Gasteiger partial charge in [0, 0.05) is 0 Å². The van der Waals surface area contributed by atoms with Gasteiger partial charge in [-0.1, -0.05) is 19.0 Å². The largest absolute Gasteiger partial charge is 0.334 e. The quantitative estimate of drug-likeness (QED) is 0.686. The molecule has 1 unspecified atom stereocenters. The van der Waals surface area contributed by atoms with Crippen molar-refractivity contribution < 1.29 is 18.2 Å². The van der Waals surface area contributed by atoms with Crippen LogP contribution < -0.4 is 5.73 Å². The first-order valence-corrected chi connectivity index (χ1v) is 6.04. The van der Waals surface area contributed by atoms with Gasteiger partial charge in [0.2, 0.25) is 5.82 Å². The van der Waals surface area contributed by atoms with E-state index in [4.69, 9.17) is 10.3 Å². The summed E-state index contributed by atoms with van der Waals surface area (Å²) >= 11 is 0. The van der Waals surface area contributed by atoms with Crippen LogP contribution in [0.5, 0.6) is 0 Å². The summed E-state index contributed by atoms with van der Waals surface area (Å²) in [5, 5.41) is 14.3. The van der Waals surface area contributed by atoms with Gasteiger partial charge >= 0.3 is 5.69 Å². The van der Waals surface area contributed by atoms with Crippen molar-refractivity contribution in [2.45, 2.75) is 19.9 Å². The summed E-state index contributed by atoms with van der Waals surface area (Å²) in [5.74, 6) is -2.46. The number of nitrogens with two attached hydrogens (primary N) is 1. The van der Waals surface area contributed by atoms with Crippen LogP contribution in [0.15, 0.2) is 16.7 Å². The first kappa shape index (κ1) is 15.0. The van der Waals surface area contributed by atoms with Gasteiger partial charge in [-0.25, -0.2) is 4.39 Å². The summed E-state index contributed by atoms with van der Waals surface area (Å²) in [6.45, 7) is 3.66. The topological polar surface area (TPSA) is 108 Å². The number of rotatable bonds is 4. The number of hydrogen-bond donors (Lipinski definition) is 1. The molecule has 0 bridgehead atoms. The fraction of sp³-hybridized carbons (Fsp3) is 0.333. The lowest BCUT2D eigenvalue weighted by Gasteiger charge is -2.09. The van der Waals surface area contributed by atoms with Crippen LogP contribution >= 0.6 is 0 Å². The molecule has 0 amide bonds. The van der Waals surface area contributed by atoms with Gasteiger partial charge in [-0.3, -0.25) is 10.1 Å². The molecule has 0 aliphatic rings. The van der Waals surface area contributed by atoms with E-state index in [0.29, 0.717) is 6.07 Å². The minimum Gasteiger partial charge on any atom is -0.334 e. The molecule has 0 saturated carbocycles. The Morgan fingerprint density at radius 1 is 1.38 bits per heavy atom. The van der Waals surface area contributed by atoms with Crippen LogP contribution in [0, 0.1) is 27.7 Å².